The summed E-state index contributed by atoms with van der Waals surface area (Å²) >= 11 is 0. The van der Waals surface area contributed by atoms with Crippen molar-refractivity contribution in [2.24, 2.45) is 5.92 Å². The van der Waals surface area contributed by atoms with Crippen molar-refractivity contribution in [1.82, 2.24) is 4.72 Å². The topological polar surface area (TPSA) is 72.2 Å². The molecule has 108 valence electrons. The fourth-order valence-electron chi connectivity index (χ4n) is 1.95. The zero-order valence-electron chi connectivity index (χ0n) is 11.9. The molecule has 0 spiro atoms. The molecular formula is C15H20N2O2S. The molecular weight excluding hydrogens is 272 g/mol. The lowest BCUT2D eigenvalue weighted by Crippen LogP contribution is -2.36. The summed E-state index contributed by atoms with van der Waals surface area (Å²) in [4.78, 5) is 0.294. The quantitative estimate of drug-likeness (QED) is 0.851. The van der Waals surface area contributed by atoms with E-state index in [0.29, 0.717) is 16.0 Å². The smallest absolute Gasteiger partial charge is 0.241 e. The van der Waals surface area contributed by atoms with Crippen LogP contribution in [-0.4, -0.2) is 14.5 Å². The van der Waals surface area contributed by atoms with Crippen molar-refractivity contribution >= 4 is 26.5 Å². The predicted molar refractivity (Wildman–Crippen MR) is 83.0 cm³/mol. The highest BCUT2D eigenvalue weighted by molar-refractivity contribution is 7.89. The number of hydrogen-bond acceptors (Lipinski definition) is 3. The standard InChI is InChI=1S/C15H20N2O2S/c1-10(2)11(3)17-20(18,19)15-6-4-5-12-9-13(16)7-8-14(12)15/h4-11,17H,16H2,1-3H3. The van der Waals surface area contributed by atoms with E-state index >= 15 is 0 Å². The van der Waals surface area contributed by atoms with Crippen molar-refractivity contribution in [3.63, 3.8) is 0 Å². The maximum Gasteiger partial charge on any atom is 0.241 e. The first kappa shape index (κ1) is 14.8. The van der Waals surface area contributed by atoms with Gasteiger partial charge in [0.05, 0.1) is 4.90 Å². The average molecular weight is 292 g/mol. The second-order valence-corrected chi connectivity index (χ2v) is 7.07. The summed E-state index contributed by atoms with van der Waals surface area (Å²) in [6, 6.07) is 10.3. The Morgan fingerprint density at radius 3 is 2.45 bits per heavy atom. The fourth-order valence-corrected chi connectivity index (χ4v) is 3.57. The molecule has 0 amide bonds. The Balaban J connectivity index is 2.52. The number of rotatable bonds is 4. The van der Waals surface area contributed by atoms with E-state index in [1.807, 2.05) is 26.8 Å². The molecule has 20 heavy (non-hydrogen) atoms. The first-order valence-electron chi connectivity index (χ1n) is 6.62. The Hall–Kier alpha value is -1.59. The zero-order valence-corrected chi connectivity index (χ0v) is 12.7. The van der Waals surface area contributed by atoms with Gasteiger partial charge in [0.25, 0.3) is 0 Å². The molecule has 0 fully saturated rings. The molecule has 0 bridgehead atoms. The third kappa shape index (κ3) is 2.94. The Bertz CT molecular complexity index is 724. The van der Waals surface area contributed by atoms with Crippen molar-refractivity contribution in [2.45, 2.75) is 31.7 Å². The first-order valence-corrected chi connectivity index (χ1v) is 8.10. The molecule has 1 atom stereocenters. The molecule has 4 nitrogen and oxygen atoms in total. The number of fused-ring (bicyclic) bond motifs is 1. The van der Waals surface area contributed by atoms with Crippen molar-refractivity contribution in [2.75, 3.05) is 5.73 Å². The first-order chi connectivity index (χ1) is 9.31. The van der Waals surface area contributed by atoms with E-state index in [4.69, 9.17) is 5.73 Å². The molecule has 0 saturated heterocycles. The van der Waals surface area contributed by atoms with E-state index in [1.165, 1.54) is 0 Å². The van der Waals surface area contributed by atoms with Gasteiger partial charge < -0.3 is 5.73 Å². The van der Waals surface area contributed by atoms with Gasteiger partial charge in [0, 0.05) is 17.1 Å². The van der Waals surface area contributed by atoms with E-state index in [9.17, 15) is 8.42 Å². The number of hydrogen-bond donors (Lipinski definition) is 2. The normalized spacial score (nSPS) is 13.8. The van der Waals surface area contributed by atoms with Crippen LogP contribution in [0.4, 0.5) is 5.69 Å². The molecule has 0 aliphatic heterocycles. The summed E-state index contributed by atoms with van der Waals surface area (Å²) in [5.41, 5.74) is 6.36. The van der Waals surface area contributed by atoms with Gasteiger partial charge in [-0.2, -0.15) is 0 Å². The molecule has 0 heterocycles. The minimum atomic E-state index is -3.53. The monoisotopic (exact) mass is 292 g/mol. The van der Waals surface area contributed by atoms with Gasteiger partial charge in [0.15, 0.2) is 0 Å². The third-order valence-corrected chi connectivity index (χ3v) is 5.11. The van der Waals surface area contributed by atoms with Crippen molar-refractivity contribution < 1.29 is 8.42 Å². The largest absolute Gasteiger partial charge is 0.399 e. The van der Waals surface area contributed by atoms with Crippen LogP contribution in [0, 0.1) is 5.92 Å². The molecule has 2 aromatic rings. The average Bonchev–Trinajstić information content (AvgIpc) is 2.36. The van der Waals surface area contributed by atoms with Gasteiger partial charge in [0.2, 0.25) is 10.0 Å². The Morgan fingerprint density at radius 2 is 1.80 bits per heavy atom. The van der Waals surface area contributed by atoms with E-state index in [-0.39, 0.29) is 12.0 Å². The lowest BCUT2D eigenvalue weighted by molar-refractivity contribution is 0.477. The summed E-state index contributed by atoms with van der Waals surface area (Å²) < 4.78 is 27.7. The van der Waals surface area contributed by atoms with Crippen LogP contribution in [0.1, 0.15) is 20.8 Å². The maximum absolute atomic E-state index is 12.5. The SMILES string of the molecule is CC(C)C(C)NS(=O)(=O)c1cccc2cc(N)ccc12. The predicted octanol–water partition coefficient (Wildman–Crippen LogP) is 2.74. The molecule has 2 rings (SSSR count). The van der Waals surface area contributed by atoms with E-state index in [1.54, 1.807) is 30.3 Å². The Morgan fingerprint density at radius 1 is 1.10 bits per heavy atom. The van der Waals surface area contributed by atoms with Gasteiger partial charge in [0.1, 0.15) is 0 Å². The van der Waals surface area contributed by atoms with Gasteiger partial charge in [-0.3, -0.25) is 0 Å². The number of sulfonamides is 1. The number of nitrogens with two attached hydrogens (primary N) is 1. The highest BCUT2D eigenvalue weighted by Gasteiger charge is 2.21. The van der Waals surface area contributed by atoms with Gasteiger partial charge in [-0.1, -0.05) is 32.0 Å². The lowest BCUT2D eigenvalue weighted by Gasteiger charge is -2.18. The number of anilines is 1. The molecule has 0 aliphatic rings. The van der Waals surface area contributed by atoms with Crippen molar-refractivity contribution in [1.29, 1.82) is 0 Å². The molecule has 1 unspecified atom stereocenters. The second kappa shape index (κ2) is 5.42. The summed E-state index contributed by atoms with van der Waals surface area (Å²) in [6.07, 6.45) is 0. The number of nitrogen functional groups attached to an aromatic ring is 1. The molecule has 5 heteroatoms. The lowest BCUT2D eigenvalue weighted by atomic mass is 10.1. The van der Waals surface area contributed by atoms with Crippen LogP contribution in [0.5, 0.6) is 0 Å². The van der Waals surface area contributed by atoms with Crippen molar-refractivity contribution in [3.05, 3.63) is 36.4 Å². The second-order valence-electron chi connectivity index (χ2n) is 5.39. The van der Waals surface area contributed by atoms with Gasteiger partial charge in [-0.25, -0.2) is 13.1 Å². The highest BCUT2D eigenvalue weighted by Crippen LogP contribution is 2.25. The van der Waals surface area contributed by atoms with Crippen molar-refractivity contribution in [3.8, 4) is 0 Å². The Labute approximate surface area is 120 Å². The third-order valence-electron chi connectivity index (χ3n) is 3.50. The minimum absolute atomic E-state index is 0.121. The van der Waals surface area contributed by atoms with Crippen LogP contribution >= 0.6 is 0 Å². The van der Waals surface area contributed by atoms with E-state index < -0.39 is 10.0 Å². The van der Waals surface area contributed by atoms with Crippen LogP contribution in [0.15, 0.2) is 41.3 Å². The van der Waals surface area contributed by atoms with Crippen LogP contribution in [-0.2, 0) is 10.0 Å². The molecule has 0 aromatic heterocycles. The van der Waals surface area contributed by atoms with Gasteiger partial charge in [-0.05, 0) is 36.4 Å². The summed E-state index contributed by atoms with van der Waals surface area (Å²) in [5, 5.41) is 1.51. The molecule has 2 aromatic carbocycles. The number of benzene rings is 2. The number of nitrogens with one attached hydrogen (secondary N) is 1. The van der Waals surface area contributed by atoms with E-state index in [2.05, 4.69) is 4.72 Å². The van der Waals surface area contributed by atoms with Gasteiger partial charge in [-0.15, -0.1) is 0 Å². The van der Waals surface area contributed by atoms with E-state index in [0.717, 1.165) is 5.39 Å². The molecule has 0 saturated carbocycles. The van der Waals surface area contributed by atoms with Gasteiger partial charge >= 0.3 is 0 Å². The molecule has 0 radical (unpaired) electrons. The van der Waals surface area contributed by atoms with Crippen LogP contribution in [0.3, 0.4) is 0 Å². The highest BCUT2D eigenvalue weighted by atomic mass is 32.2. The summed E-state index contributed by atoms with van der Waals surface area (Å²) in [7, 11) is -3.53. The van der Waals surface area contributed by atoms with Crippen LogP contribution < -0.4 is 10.5 Å². The Kier molecular flexibility index (Phi) is 4.01. The molecule has 3 N–H and O–H groups in total. The summed E-state index contributed by atoms with van der Waals surface area (Å²) in [6.45, 7) is 5.83. The zero-order chi connectivity index (χ0) is 14.9. The van der Waals surface area contributed by atoms with Crippen LogP contribution in [0.25, 0.3) is 10.8 Å². The maximum atomic E-state index is 12.5. The minimum Gasteiger partial charge on any atom is -0.399 e. The fraction of sp³-hybridized carbons (Fsp3) is 0.333. The summed E-state index contributed by atoms with van der Waals surface area (Å²) in [5.74, 6) is 0.232. The molecule has 0 aliphatic carbocycles. The van der Waals surface area contributed by atoms with Crippen LogP contribution in [0.2, 0.25) is 0 Å².